The summed E-state index contributed by atoms with van der Waals surface area (Å²) in [7, 11) is 0. The largest absolute Gasteiger partial charge is 0.508 e. The number of para-hydroxylation sites is 1. The van der Waals surface area contributed by atoms with E-state index in [-0.39, 0.29) is 0 Å². The van der Waals surface area contributed by atoms with Crippen molar-refractivity contribution in [2.45, 2.75) is 12.2 Å². The van der Waals surface area contributed by atoms with Gasteiger partial charge in [-0.1, -0.05) is 18.2 Å². The van der Waals surface area contributed by atoms with Gasteiger partial charge in [-0.25, -0.2) is 9.59 Å². The number of benzene rings is 1. The molecule has 0 spiro atoms. The molecule has 0 aliphatic carbocycles. The monoisotopic (exact) mass is 288 g/mol. The van der Waals surface area contributed by atoms with Crippen LogP contribution in [0, 0.1) is 0 Å². The molecule has 1 aromatic rings. The van der Waals surface area contributed by atoms with Gasteiger partial charge in [0.15, 0.2) is 12.2 Å². The molecule has 0 aliphatic heterocycles. The predicted molar refractivity (Wildman–Crippen MR) is 65.4 cm³/mol. The predicted octanol–water partition coefficient (Wildman–Crippen LogP) is -1.85. The number of hydrogen-bond donors (Lipinski definition) is 5. The van der Waals surface area contributed by atoms with Crippen LogP contribution >= 0.6 is 0 Å². The molecule has 0 fully saturated rings. The number of carbonyl (C=O) groups excluding carboxylic acids is 2. The van der Waals surface area contributed by atoms with Gasteiger partial charge in [0.25, 0.3) is 0 Å². The zero-order chi connectivity index (χ0) is 15.5. The lowest BCUT2D eigenvalue weighted by atomic mass is 10.3. The molecule has 5 N–H and O–H groups in total. The summed E-state index contributed by atoms with van der Waals surface area (Å²) in [5.74, 6) is -2.43. The Labute approximate surface area is 114 Å². The molecule has 8 nitrogen and oxygen atoms in total. The Morgan fingerprint density at radius 1 is 0.950 bits per heavy atom. The number of rotatable bonds is 4. The van der Waals surface area contributed by atoms with Gasteiger partial charge in [0.2, 0.25) is 0 Å². The lowest BCUT2D eigenvalue weighted by molar-refractivity contribution is -0.173. The van der Waals surface area contributed by atoms with Gasteiger partial charge in [-0.15, -0.1) is 0 Å². The summed E-state index contributed by atoms with van der Waals surface area (Å²) in [5.41, 5.74) is 0. The Bertz CT molecular complexity index is 385. The van der Waals surface area contributed by atoms with E-state index >= 15 is 0 Å². The maximum absolute atomic E-state index is 10.6. The van der Waals surface area contributed by atoms with Gasteiger partial charge in [0, 0.05) is 0 Å². The van der Waals surface area contributed by atoms with Gasteiger partial charge in [-0.2, -0.15) is 0 Å². The third-order valence-corrected chi connectivity index (χ3v) is 1.85. The van der Waals surface area contributed by atoms with Gasteiger partial charge in [-0.3, -0.25) is 0 Å². The molecule has 20 heavy (non-hydrogen) atoms. The van der Waals surface area contributed by atoms with Crippen LogP contribution in [-0.2, 0) is 14.3 Å². The van der Waals surface area contributed by atoms with Gasteiger partial charge in [0.1, 0.15) is 5.75 Å². The zero-order valence-corrected chi connectivity index (χ0v) is 10.4. The number of phenolic OH excluding ortho intramolecular Hbond substituents is 1. The van der Waals surface area contributed by atoms with Crippen molar-refractivity contribution >= 4 is 11.9 Å². The molecule has 1 aromatic carbocycles. The van der Waals surface area contributed by atoms with E-state index in [1.807, 2.05) is 6.07 Å². The maximum atomic E-state index is 10.6. The van der Waals surface area contributed by atoms with Crippen molar-refractivity contribution in [3.05, 3.63) is 30.3 Å². The zero-order valence-electron chi connectivity index (χ0n) is 10.4. The molecule has 112 valence electrons. The van der Waals surface area contributed by atoms with Gasteiger partial charge in [-0.05, 0) is 12.1 Å². The van der Waals surface area contributed by atoms with Gasteiger partial charge < -0.3 is 30.3 Å². The van der Waals surface area contributed by atoms with Crippen LogP contribution in [0.3, 0.4) is 0 Å². The first-order valence-corrected chi connectivity index (χ1v) is 5.49. The molecule has 0 aromatic heterocycles. The highest BCUT2D eigenvalue weighted by Crippen LogP contribution is 2.02. The van der Waals surface area contributed by atoms with Crippen LogP contribution in [0.5, 0.6) is 5.75 Å². The number of aliphatic hydroxyl groups is 4. The summed E-state index contributed by atoms with van der Waals surface area (Å²) in [6.07, 6.45) is -3.65. The molecule has 8 heteroatoms. The topological polar surface area (TPSA) is 145 Å². The lowest BCUT2D eigenvalue weighted by Crippen LogP contribution is -2.34. The molecule has 2 atom stereocenters. The van der Waals surface area contributed by atoms with Crippen molar-refractivity contribution in [3.8, 4) is 5.75 Å². The minimum Gasteiger partial charge on any atom is -0.508 e. The average molecular weight is 288 g/mol. The van der Waals surface area contributed by atoms with Crippen molar-refractivity contribution in [1.82, 2.24) is 0 Å². The number of esters is 2. The van der Waals surface area contributed by atoms with E-state index in [2.05, 4.69) is 4.74 Å². The lowest BCUT2D eigenvalue weighted by Gasteiger charge is -2.08. The Kier molecular flexibility index (Phi) is 8.88. The van der Waals surface area contributed by atoms with Crippen LogP contribution < -0.4 is 0 Å². The second-order valence-corrected chi connectivity index (χ2v) is 3.47. The van der Waals surface area contributed by atoms with Crippen LogP contribution in [-0.4, -0.2) is 62.9 Å². The summed E-state index contributed by atoms with van der Waals surface area (Å²) < 4.78 is 3.86. The van der Waals surface area contributed by atoms with Crippen LogP contribution in [0.25, 0.3) is 0 Å². The average Bonchev–Trinajstić information content (AvgIpc) is 2.46. The van der Waals surface area contributed by atoms with E-state index in [1.165, 1.54) is 0 Å². The van der Waals surface area contributed by atoms with Crippen molar-refractivity contribution in [2.75, 3.05) is 13.2 Å². The molecule has 0 heterocycles. The molecule has 0 saturated carbocycles. The van der Waals surface area contributed by atoms with Crippen LogP contribution in [0.15, 0.2) is 30.3 Å². The number of aromatic hydroxyl groups is 1. The standard InChI is InChI=1S/C6H10O7.C6H6O/c7-1-3(9)5(11)13-6(12)4(10)2-8;7-6-4-2-1-3-5-6/h3-4,7-10H,1-2H2;1-5,7H. The molecule has 2 unspecified atom stereocenters. The highest BCUT2D eigenvalue weighted by Gasteiger charge is 2.23. The summed E-state index contributed by atoms with van der Waals surface area (Å²) in [5, 5.41) is 42.3. The Morgan fingerprint density at radius 3 is 1.60 bits per heavy atom. The summed E-state index contributed by atoms with van der Waals surface area (Å²) in [6.45, 7) is -1.78. The molecule has 1 rings (SSSR count). The first-order valence-electron chi connectivity index (χ1n) is 5.49. The van der Waals surface area contributed by atoms with Crippen LogP contribution in [0.4, 0.5) is 0 Å². The SMILES string of the molecule is O=C(OC(=O)C(O)CO)C(O)CO.Oc1ccccc1. The molecule has 0 aliphatic rings. The number of phenols is 1. The second-order valence-electron chi connectivity index (χ2n) is 3.47. The maximum Gasteiger partial charge on any atom is 0.345 e. The fourth-order valence-corrected chi connectivity index (χ4v) is 0.812. The van der Waals surface area contributed by atoms with E-state index in [1.54, 1.807) is 24.3 Å². The Hall–Kier alpha value is -2.00. The molecule has 0 amide bonds. The molecule has 0 radical (unpaired) electrons. The van der Waals surface area contributed by atoms with E-state index in [0.717, 1.165) is 0 Å². The van der Waals surface area contributed by atoms with E-state index in [9.17, 15) is 9.59 Å². The van der Waals surface area contributed by atoms with Crippen molar-refractivity contribution in [1.29, 1.82) is 0 Å². The van der Waals surface area contributed by atoms with Gasteiger partial charge >= 0.3 is 11.9 Å². The molecular weight excluding hydrogens is 272 g/mol. The normalized spacial score (nSPS) is 12.6. The Morgan fingerprint density at radius 2 is 1.35 bits per heavy atom. The number of ether oxygens (including phenoxy) is 1. The number of hydrogen-bond acceptors (Lipinski definition) is 8. The minimum absolute atomic E-state index is 0.322. The third kappa shape index (κ3) is 7.44. The number of aliphatic hydroxyl groups excluding tert-OH is 4. The highest BCUT2D eigenvalue weighted by molar-refractivity contribution is 5.89. The molecule has 0 bridgehead atoms. The number of carbonyl (C=O) groups is 2. The van der Waals surface area contributed by atoms with Crippen molar-refractivity contribution in [3.63, 3.8) is 0 Å². The summed E-state index contributed by atoms with van der Waals surface area (Å²) in [6, 6.07) is 8.71. The van der Waals surface area contributed by atoms with Crippen molar-refractivity contribution in [2.24, 2.45) is 0 Å². The van der Waals surface area contributed by atoms with E-state index in [0.29, 0.717) is 5.75 Å². The first-order chi connectivity index (χ1) is 9.42. The quantitative estimate of drug-likeness (QED) is 0.321. The van der Waals surface area contributed by atoms with Crippen molar-refractivity contribution < 1.29 is 39.9 Å². The molecular formula is C12H16O8. The Balaban J connectivity index is 0.000000428. The van der Waals surface area contributed by atoms with Crippen LogP contribution in [0.1, 0.15) is 0 Å². The van der Waals surface area contributed by atoms with Gasteiger partial charge in [0.05, 0.1) is 13.2 Å². The third-order valence-electron chi connectivity index (χ3n) is 1.85. The fourth-order valence-electron chi connectivity index (χ4n) is 0.812. The fraction of sp³-hybridized carbons (Fsp3) is 0.333. The summed E-state index contributed by atoms with van der Waals surface area (Å²) >= 11 is 0. The van der Waals surface area contributed by atoms with E-state index < -0.39 is 37.4 Å². The summed E-state index contributed by atoms with van der Waals surface area (Å²) in [4.78, 5) is 21.1. The molecule has 0 saturated heterocycles. The highest BCUT2D eigenvalue weighted by atomic mass is 16.6. The van der Waals surface area contributed by atoms with Crippen LogP contribution in [0.2, 0.25) is 0 Å². The minimum atomic E-state index is -1.82. The first kappa shape index (κ1) is 18.0. The van der Waals surface area contributed by atoms with E-state index in [4.69, 9.17) is 25.5 Å². The second kappa shape index (κ2) is 9.87. The smallest absolute Gasteiger partial charge is 0.345 e.